The summed E-state index contributed by atoms with van der Waals surface area (Å²) in [6.45, 7) is 1.98. The summed E-state index contributed by atoms with van der Waals surface area (Å²) in [5.41, 5.74) is 7.50. The molecular formula is C16H25ClN2. The summed E-state index contributed by atoms with van der Waals surface area (Å²) in [4.78, 5) is 2.36. The first-order valence-corrected chi connectivity index (χ1v) is 7.72. The third-order valence-corrected chi connectivity index (χ3v) is 4.53. The maximum Gasteiger partial charge on any atom is 0.0451 e. The highest BCUT2D eigenvalue weighted by Crippen LogP contribution is 2.24. The van der Waals surface area contributed by atoms with E-state index in [1.54, 1.807) is 0 Å². The molecule has 1 aromatic carbocycles. The molecule has 19 heavy (non-hydrogen) atoms. The fourth-order valence-corrected chi connectivity index (χ4v) is 3.22. The monoisotopic (exact) mass is 280 g/mol. The molecule has 2 rings (SSSR count). The lowest BCUT2D eigenvalue weighted by molar-refractivity contribution is 0.237. The highest BCUT2D eigenvalue weighted by molar-refractivity contribution is 6.31. The number of nitrogens with two attached hydrogens (primary N) is 1. The van der Waals surface area contributed by atoms with Gasteiger partial charge >= 0.3 is 0 Å². The minimum absolute atomic E-state index is 0.371. The topological polar surface area (TPSA) is 29.3 Å². The quantitative estimate of drug-likeness (QED) is 0.853. The molecule has 0 spiro atoms. The van der Waals surface area contributed by atoms with E-state index in [4.69, 9.17) is 17.3 Å². The molecule has 1 aliphatic rings. The molecule has 2 atom stereocenters. The van der Waals surface area contributed by atoms with Gasteiger partial charge in [0.25, 0.3) is 0 Å². The average molecular weight is 281 g/mol. The minimum Gasteiger partial charge on any atom is -0.327 e. The van der Waals surface area contributed by atoms with Gasteiger partial charge in [-0.2, -0.15) is 0 Å². The zero-order valence-electron chi connectivity index (χ0n) is 11.8. The largest absolute Gasteiger partial charge is 0.327 e. The van der Waals surface area contributed by atoms with Crippen LogP contribution in [-0.2, 0) is 6.54 Å². The lowest BCUT2D eigenvalue weighted by Crippen LogP contribution is -2.37. The summed E-state index contributed by atoms with van der Waals surface area (Å²) in [6, 6.07) is 8.46. The van der Waals surface area contributed by atoms with Gasteiger partial charge in [-0.3, -0.25) is 0 Å². The van der Waals surface area contributed by atoms with E-state index in [1.807, 2.05) is 18.2 Å². The van der Waals surface area contributed by atoms with Gasteiger partial charge in [-0.25, -0.2) is 0 Å². The van der Waals surface area contributed by atoms with Crippen LogP contribution in [0.5, 0.6) is 0 Å². The number of hydrogen-bond acceptors (Lipinski definition) is 2. The van der Waals surface area contributed by atoms with Crippen molar-refractivity contribution in [1.29, 1.82) is 0 Å². The van der Waals surface area contributed by atoms with Crippen molar-refractivity contribution in [1.82, 2.24) is 4.90 Å². The molecule has 2 nitrogen and oxygen atoms in total. The van der Waals surface area contributed by atoms with E-state index in [9.17, 15) is 0 Å². The van der Waals surface area contributed by atoms with Gasteiger partial charge in [-0.05, 0) is 37.4 Å². The van der Waals surface area contributed by atoms with Crippen molar-refractivity contribution < 1.29 is 0 Å². The molecule has 1 aliphatic carbocycles. The molecule has 0 amide bonds. The van der Waals surface area contributed by atoms with Crippen LogP contribution in [0.25, 0.3) is 0 Å². The van der Waals surface area contributed by atoms with Gasteiger partial charge < -0.3 is 10.6 Å². The van der Waals surface area contributed by atoms with Crippen molar-refractivity contribution in [3.05, 3.63) is 34.9 Å². The number of nitrogens with zero attached hydrogens (tertiary/aromatic N) is 1. The number of halogens is 1. The van der Waals surface area contributed by atoms with Crippen LogP contribution >= 0.6 is 11.6 Å². The highest BCUT2D eigenvalue weighted by atomic mass is 35.5. The Labute approximate surface area is 121 Å². The molecule has 2 N–H and O–H groups in total. The maximum absolute atomic E-state index is 6.30. The van der Waals surface area contributed by atoms with Crippen LogP contribution in [0.1, 0.15) is 37.7 Å². The predicted molar refractivity (Wildman–Crippen MR) is 82.3 cm³/mol. The Morgan fingerprint density at radius 1 is 1.21 bits per heavy atom. The van der Waals surface area contributed by atoms with Gasteiger partial charge in [0.15, 0.2) is 0 Å². The zero-order valence-corrected chi connectivity index (χ0v) is 12.6. The molecule has 3 heteroatoms. The first-order chi connectivity index (χ1) is 9.16. The van der Waals surface area contributed by atoms with E-state index in [-0.39, 0.29) is 0 Å². The Kier molecular flexibility index (Phi) is 5.68. The van der Waals surface area contributed by atoms with Gasteiger partial charge in [0.05, 0.1) is 0 Å². The van der Waals surface area contributed by atoms with E-state index >= 15 is 0 Å². The summed E-state index contributed by atoms with van der Waals surface area (Å²) in [7, 11) is 2.17. The summed E-state index contributed by atoms with van der Waals surface area (Å²) >= 11 is 6.21. The zero-order chi connectivity index (χ0) is 13.7. The third kappa shape index (κ3) is 4.48. The molecule has 1 saturated carbocycles. The van der Waals surface area contributed by atoms with E-state index in [1.165, 1.54) is 37.7 Å². The lowest BCUT2D eigenvalue weighted by Gasteiger charge is -2.27. The van der Waals surface area contributed by atoms with Crippen molar-refractivity contribution in [3.8, 4) is 0 Å². The molecule has 106 valence electrons. The molecule has 1 aromatic rings. The normalized spacial score (nSPS) is 24.4. The second-order valence-corrected chi connectivity index (χ2v) is 6.26. The molecule has 0 saturated heterocycles. The molecule has 0 bridgehead atoms. The van der Waals surface area contributed by atoms with Gasteiger partial charge in [-0.1, -0.05) is 49.1 Å². The van der Waals surface area contributed by atoms with Crippen LogP contribution in [0.3, 0.4) is 0 Å². The van der Waals surface area contributed by atoms with E-state index in [0.29, 0.717) is 12.0 Å². The fraction of sp³-hybridized carbons (Fsp3) is 0.625. The van der Waals surface area contributed by atoms with Gasteiger partial charge in [0.2, 0.25) is 0 Å². The molecule has 0 aromatic heterocycles. The summed E-state index contributed by atoms with van der Waals surface area (Å²) in [5, 5.41) is 0.861. The average Bonchev–Trinajstić information content (AvgIpc) is 2.58. The van der Waals surface area contributed by atoms with Crippen molar-refractivity contribution >= 4 is 11.6 Å². The van der Waals surface area contributed by atoms with Gasteiger partial charge in [0.1, 0.15) is 0 Å². The smallest absolute Gasteiger partial charge is 0.0451 e. The fourth-order valence-electron chi connectivity index (χ4n) is 3.02. The van der Waals surface area contributed by atoms with Crippen molar-refractivity contribution in [2.45, 2.75) is 44.7 Å². The molecule has 0 aliphatic heterocycles. The molecule has 0 radical (unpaired) electrons. The minimum atomic E-state index is 0.371. The van der Waals surface area contributed by atoms with Crippen LogP contribution in [0.15, 0.2) is 24.3 Å². The maximum atomic E-state index is 6.30. The predicted octanol–water partition coefficient (Wildman–Crippen LogP) is 3.68. The molecular weight excluding hydrogens is 256 g/mol. The third-order valence-electron chi connectivity index (χ3n) is 4.16. The summed E-state index contributed by atoms with van der Waals surface area (Å²) < 4.78 is 0. The Hall–Kier alpha value is -0.570. The Morgan fingerprint density at radius 3 is 2.74 bits per heavy atom. The first-order valence-electron chi connectivity index (χ1n) is 7.34. The lowest BCUT2D eigenvalue weighted by atomic mass is 9.95. The number of rotatable bonds is 4. The van der Waals surface area contributed by atoms with E-state index in [2.05, 4.69) is 18.0 Å². The summed E-state index contributed by atoms with van der Waals surface area (Å²) in [5.74, 6) is 0.634. The number of hydrogen-bond donors (Lipinski definition) is 1. The SMILES string of the molecule is CN(Cc1ccccc1Cl)CC1CCCCCC1N. The Morgan fingerprint density at radius 2 is 1.95 bits per heavy atom. The standard InChI is InChI=1S/C16H25ClN2/c1-19(11-13-7-5-6-9-15(13)17)12-14-8-3-2-4-10-16(14)18/h5-7,9,14,16H,2-4,8,10-12,18H2,1H3. The molecule has 2 unspecified atom stereocenters. The van der Waals surface area contributed by atoms with E-state index in [0.717, 1.165) is 18.1 Å². The van der Waals surface area contributed by atoms with Crippen molar-refractivity contribution in [2.75, 3.05) is 13.6 Å². The number of benzene rings is 1. The first kappa shape index (κ1) is 14.8. The Balaban J connectivity index is 1.89. The van der Waals surface area contributed by atoms with Gasteiger partial charge in [0, 0.05) is 24.2 Å². The van der Waals surface area contributed by atoms with Crippen molar-refractivity contribution in [3.63, 3.8) is 0 Å². The second-order valence-electron chi connectivity index (χ2n) is 5.85. The van der Waals surface area contributed by atoms with Crippen LogP contribution < -0.4 is 5.73 Å². The Bertz CT molecular complexity index is 394. The van der Waals surface area contributed by atoms with Crippen LogP contribution in [0.2, 0.25) is 5.02 Å². The van der Waals surface area contributed by atoms with Crippen molar-refractivity contribution in [2.24, 2.45) is 11.7 Å². The second kappa shape index (κ2) is 7.28. The van der Waals surface area contributed by atoms with Gasteiger partial charge in [-0.15, -0.1) is 0 Å². The molecule has 1 fully saturated rings. The molecule has 0 heterocycles. The van der Waals surface area contributed by atoms with Crippen LogP contribution in [-0.4, -0.2) is 24.5 Å². The highest BCUT2D eigenvalue weighted by Gasteiger charge is 2.21. The van der Waals surface area contributed by atoms with E-state index < -0.39 is 0 Å². The van der Waals surface area contributed by atoms with Crippen LogP contribution in [0, 0.1) is 5.92 Å². The van der Waals surface area contributed by atoms with Crippen LogP contribution in [0.4, 0.5) is 0 Å². The summed E-state index contributed by atoms with van der Waals surface area (Å²) in [6.07, 6.45) is 6.43.